The summed E-state index contributed by atoms with van der Waals surface area (Å²) in [6, 6.07) is 11.8. The van der Waals surface area contributed by atoms with Gasteiger partial charge in [-0.15, -0.1) is 0 Å². The van der Waals surface area contributed by atoms with Crippen LogP contribution < -0.4 is 15.0 Å². The lowest BCUT2D eigenvalue weighted by Gasteiger charge is -2.16. The van der Waals surface area contributed by atoms with Crippen molar-refractivity contribution in [1.82, 2.24) is 29.5 Å². The van der Waals surface area contributed by atoms with E-state index in [-0.39, 0.29) is 12.0 Å². The monoisotopic (exact) mass is 482 g/mol. The SMILES string of the molecule is Cc1cc(Nc2ncnc3cnc(N4C[C@@H](C)[C@H](O)C4)nc23)ccc1Oc1ccc2c(c1)ncn2C. The van der Waals surface area contributed by atoms with Crippen LogP contribution in [0.25, 0.3) is 22.1 Å². The molecule has 0 spiro atoms. The van der Waals surface area contributed by atoms with Crippen LogP contribution in [-0.4, -0.2) is 53.8 Å². The van der Waals surface area contributed by atoms with E-state index in [1.807, 2.05) is 66.8 Å². The van der Waals surface area contributed by atoms with Crippen LogP contribution in [0.4, 0.5) is 17.5 Å². The molecule has 0 amide bonds. The molecule has 3 aromatic heterocycles. The van der Waals surface area contributed by atoms with Crippen molar-refractivity contribution < 1.29 is 9.84 Å². The molecule has 10 nitrogen and oxygen atoms in total. The molecule has 0 saturated carbocycles. The minimum atomic E-state index is -0.386. The highest BCUT2D eigenvalue weighted by Crippen LogP contribution is 2.31. The first-order chi connectivity index (χ1) is 17.4. The second-order valence-electron chi connectivity index (χ2n) is 9.29. The number of aliphatic hydroxyl groups is 1. The summed E-state index contributed by atoms with van der Waals surface area (Å²) in [5, 5.41) is 13.5. The molecule has 0 radical (unpaired) electrons. The van der Waals surface area contributed by atoms with Crippen LogP contribution in [0.15, 0.2) is 55.2 Å². The Morgan fingerprint density at radius 2 is 1.92 bits per heavy atom. The summed E-state index contributed by atoms with van der Waals surface area (Å²) in [5.41, 5.74) is 5.03. The Hall–Kier alpha value is -4.31. The van der Waals surface area contributed by atoms with E-state index in [9.17, 15) is 5.11 Å². The van der Waals surface area contributed by atoms with Gasteiger partial charge in [-0.25, -0.2) is 24.9 Å². The Bertz CT molecular complexity index is 1570. The van der Waals surface area contributed by atoms with E-state index >= 15 is 0 Å². The third kappa shape index (κ3) is 4.05. The first-order valence-electron chi connectivity index (χ1n) is 11.8. The quantitative estimate of drug-likeness (QED) is 0.384. The third-order valence-corrected chi connectivity index (χ3v) is 6.58. The van der Waals surface area contributed by atoms with Crippen LogP contribution >= 0.6 is 0 Å². The highest BCUT2D eigenvalue weighted by molar-refractivity contribution is 5.87. The molecule has 36 heavy (non-hydrogen) atoms. The van der Waals surface area contributed by atoms with Gasteiger partial charge in [0.2, 0.25) is 5.95 Å². The van der Waals surface area contributed by atoms with E-state index in [2.05, 4.69) is 25.3 Å². The van der Waals surface area contributed by atoms with Crippen LogP contribution in [0.2, 0.25) is 0 Å². The number of rotatable bonds is 5. The van der Waals surface area contributed by atoms with Crippen LogP contribution in [0.1, 0.15) is 12.5 Å². The number of anilines is 3. The Kier molecular flexibility index (Phi) is 5.37. The normalized spacial score (nSPS) is 17.7. The molecule has 2 aromatic carbocycles. The predicted octanol–water partition coefficient (Wildman–Crippen LogP) is 3.97. The van der Waals surface area contributed by atoms with Gasteiger partial charge in [-0.2, -0.15) is 0 Å². The Balaban J connectivity index is 1.25. The number of ether oxygens (including phenoxy) is 1. The maximum atomic E-state index is 10.1. The van der Waals surface area contributed by atoms with Crippen LogP contribution in [0, 0.1) is 12.8 Å². The van der Waals surface area contributed by atoms with Crippen LogP contribution in [0.3, 0.4) is 0 Å². The second-order valence-corrected chi connectivity index (χ2v) is 9.29. The molecular formula is C26H26N8O2. The summed E-state index contributed by atoms with van der Waals surface area (Å²) in [7, 11) is 1.97. The Labute approximate surface area is 207 Å². The molecule has 1 saturated heterocycles. The van der Waals surface area contributed by atoms with Crippen LogP contribution in [0.5, 0.6) is 11.5 Å². The minimum Gasteiger partial charge on any atom is -0.457 e. The van der Waals surface area contributed by atoms with Gasteiger partial charge in [0.05, 0.1) is 29.7 Å². The van der Waals surface area contributed by atoms with E-state index in [1.165, 1.54) is 6.33 Å². The van der Waals surface area contributed by atoms with Crippen molar-refractivity contribution in [2.75, 3.05) is 23.3 Å². The van der Waals surface area contributed by atoms with Gasteiger partial charge in [-0.1, -0.05) is 6.92 Å². The van der Waals surface area contributed by atoms with E-state index in [0.717, 1.165) is 33.8 Å². The molecule has 1 fully saturated rings. The van der Waals surface area contributed by atoms with E-state index < -0.39 is 0 Å². The lowest BCUT2D eigenvalue weighted by atomic mass is 10.1. The van der Waals surface area contributed by atoms with Crippen LogP contribution in [-0.2, 0) is 7.05 Å². The lowest BCUT2D eigenvalue weighted by molar-refractivity contribution is 0.157. The van der Waals surface area contributed by atoms with Gasteiger partial charge in [-0.3, -0.25) is 0 Å². The molecule has 182 valence electrons. The number of nitrogens with zero attached hydrogens (tertiary/aromatic N) is 7. The molecular weight excluding hydrogens is 456 g/mol. The smallest absolute Gasteiger partial charge is 0.226 e. The Morgan fingerprint density at radius 3 is 2.72 bits per heavy atom. The molecule has 4 heterocycles. The number of imidazole rings is 1. The summed E-state index contributed by atoms with van der Waals surface area (Å²) >= 11 is 0. The molecule has 1 aliphatic heterocycles. The highest BCUT2D eigenvalue weighted by atomic mass is 16.5. The molecule has 0 unspecified atom stereocenters. The second kappa shape index (κ2) is 8.72. The molecule has 5 aromatic rings. The minimum absolute atomic E-state index is 0.170. The lowest BCUT2D eigenvalue weighted by Crippen LogP contribution is -2.23. The van der Waals surface area contributed by atoms with Gasteiger partial charge in [0.25, 0.3) is 0 Å². The van der Waals surface area contributed by atoms with Crippen molar-refractivity contribution in [3.8, 4) is 11.5 Å². The predicted molar refractivity (Wildman–Crippen MR) is 138 cm³/mol. The maximum absolute atomic E-state index is 10.1. The molecule has 1 aliphatic rings. The first-order valence-corrected chi connectivity index (χ1v) is 11.8. The summed E-state index contributed by atoms with van der Waals surface area (Å²) in [6.07, 6.45) is 4.59. The van der Waals surface area contributed by atoms with E-state index in [4.69, 9.17) is 9.72 Å². The van der Waals surface area contributed by atoms with Crippen molar-refractivity contribution in [2.45, 2.75) is 20.0 Å². The number of aromatic nitrogens is 6. The van der Waals surface area contributed by atoms with Gasteiger partial charge in [0.1, 0.15) is 28.9 Å². The average molecular weight is 483 g/mol. The highest BCUT2D eigenvalue weighted by Gasteiger charge is 2.29. The third-order valence-electron chi connectivity index (χ3n) is 6.58. The first kappa shape index (κ1) is 22.2. The molecule has 6 rings (SSSR count). The molecule has 10 heteroatoms. The average Bonchev–Trinajstić information content (AvgIpc) is 3.41. The van der Waals surface area contributed by atoms with Crippen molar-refractivity contribution in [1.29, 1.82) is 0 Å². The molecule has 2 N–H and O–H groups in total. The molecule has 2 atom stereocenters. The van der Waals surface area contributed by atoms with Crippen molar-refractivity contribution in [3.05, 3.63) is 60.8 Å². The standard InChI is InChI=1S/C26H26N8O2/c1-15-8-17(4-7-23(15)36-18-5-6-21-19(9-18)30-14-33(21)3)31-25-24-20(28-13-29-25)10-27-26(32-24)34-11-16(2)22(35)12-34/h4-10,13-14,16,22,35H,11-12H2,1-3H3,(H,28,29,31)/t16-,22-/m1/s1. The number of hydrogen-bond acceptors (Lipinski definition) is 9. The van der Waals surface area contributed by atoms with Gasteiger partial charge in [0, 0.05) is 37.8 Å². The zero-order chi connectivity index (χ0) is 24.8. The number of hydrogen-bond donors (Lipinski definition) is 2. The van der Waals surface area contributed by atoms with E-state index in [1.54, 1.807) is 12.5 Å². The summed E-state index contributed by atoms with van der Waals surface area (Å²) in [5.74, 6) is 2.81. The fraction of sp³-hybridized carbons (Fsp3) is 0.269. The van der Waals surface area contributed by atoms with Gasteiger partial charge < -0.3 is 24.6 Å². The number of aryl methyl sites for hydroxylation is 2. The van der Waals surface area contributed by atoms with Crippen molar-refractivity contribution in [2.24, 2.45) is 13.0 Å². The van der Waals surface area contributed by atoms with E-state index in [0.29, 0.717) is 35.9 Å². The van der Waals surface area contributed by atoms with Gasteiger partial charge in [-0.05, 0) is 42.8 Å². The number of benzene rings is 2. The van der Waals surface area contributed by atoms with Crippen molar-refractivity contribution >= 4 is 39.5 Å². The van der Waals surface area contributed by atoms with Crippen molar-refractivity contribution in [3.63, 3.8) is 0 Å². The number of β-amino-alcohol motifs (C(OH)–C–C–N with tert-alkyl or cyclic N) is 1. The number of aliphatic hydroxyl groups excluding tert-OH is 1. The largest absolute Gasteiger partial charge is 0.457 e. The fourth-order valence-electron chi connectivity index (χ4n) is 4.49. The number of fused-ring (bicyclic) bond motifs is 2. The summed E-state index contributed by atoms with van der Waals surface area (Å²) < 4.78 is 8.12. The van der Waals surface area contributed by atoms with Gasteiger partial charge >= 0.3 is 0 Å². The zero-order valence-corrected chi connectivity index (χ0v) is 20.3. The van der Waals surface area contributed by atoms with Gasteiger partial charge in [0.15, 0.2) is 5.82 Å². The number of nitrogens with one attached hydrogen (secondary N) is 1. The Morgan fingerprint density at radius 1 is 1.03 bits per heavy atom. The summed E-state index contributed by atoms with van der Waals surface area (Å²) in [4.78, 5) is 24.3. The topological polar surface area (TPSA) is 114 Å². The zero-order valence-electron chi connectivity index (χ0n) is 20.3. The maximum Gasteiger partial charge on any atom is 0.226 e. The molecule has 0 aliphatic carbocycles. The molecule has 0 bridgehead atoms. The fourth-order valence-corrected chi connectivity index (χ4v) is 4.49. The summed E-state index contributed by atoms with van der Waals surface area (Å²) in [6.45, 7) is 5.24.